The van der Waals surface area contributed by atoms with Crippen LogP contribution in [0.1, 0.15) is 40.5 Å². The van der Waals surface area contributed by atoms with Crippen molar-refractivity contribution in [2.45, 2.75) is 40.5 Å². The van der Waals surface area contributed by atoms with E-state index in [2.05, 4.69) is 20.8 Å². The summed E-state index contributed by atoms with van der Waals surface area (Å²) in [4.78, 5) is 0. The molecule has 1 unspecified atom stereocenters. The minimum atomic E-state index is 0.558. The average molecular weight is 155 g/mol. The molecule has 66 valence electrons. The zero-order valence-electron chi connectivity index (χ0n) is 8.22. The molecule has 0 spiro atoms. The normalized spacial score (nSPS) is 15.5. The highest BCUT2D eigenvalue weighted by atomic mass is 14.6. The highest BCUT2D eigenvalue weighted by molar-refractivity contribution is 4.98. The Balaban J connectivity index is 3.61. The summed E-state index contributed by atoms with van der Waals surface area (Å²) in [5.41, 5.74) is 6.80. The highest BCUT2D eigenvalue weighted by Crippen LogP contribution is 2.15. The summed E-state index contributed by atoms with van der Waals surface area (Å²) < 4.78 is 0. The molecule has 1 atom stereocenters. The SMILES string of the molecule is C/C=C(\N)C(C)CCC(C)C. The van der Waals surface area contributed by atoms with E-state index in [1.165, 1.54) is 12.8 Å². The molecule has 0 bridgehead atoms. The van der Waals surface area contributed by atoms with Crippen molar-refractivity contribution in [3.63, 3.8) is 0 Å². The molecule has 0 aliphatic rings. The Morgan fingerprint density at radius 3 is 2.18 bits per heavy atom. The minimum absolute atomic E-state index is 0.558. The lowest BCUT2D eigenvalue weighted by Gasteiger charge is -2.12. The number of allylic oxidation sites excluding steroid dienone is 2. The van der Waals surface area contributed by atoms with E-state index >= 15 is 0 Å². The van der Waals surface area contributed by atoms with E-state index in [4.69, 9.17) is 5.73 Å². The number of hydrogen-bond acceptors (Lipinski definition) is 1. The van der Waals surface area contributed by atoms with E-state index < -0.39 is 0 Å². The number of hydrogen-bond donors (Lipinski definition) is 1. The first-order valence-corrected chi connectivity index (χ1v) is 4.49. The molecule has 2 N–H and O–H groups in total. The summed E-state index contributed by atoms with van der Waals surface area (Å²) >= 11 is 0. The van der Waals surface area contributed by atoms with E-state index in [0.29, 0.717) is 5.92 Å². The molecular weight excluding hydrogens is 134 g/mol. The molecule has 0 aromatic heterocycles. The standard InChI is InChI=1S/C10H21N/c1-5-10(11)9(4)7-6-8(2)3/h5,8-9H,6-7,11H2,1-4H3/b10-5-. The van der Waals surface area contributed by atoms with Gasteiger partial charge in [0.05, 0.1) is 0 Å². The third-order valence-electron chi connectivity index (χ3n) is 2.08. The van der Waals surface area contributed by atoms with Crippen molar-refractivity contribution in [3.8, 4) is 0 Å². The maximum Gasteiger partial charge on any atom is 0.00659 e. The fourth-order valence-electron chi connectivity index (χ4n) is 1.03. The largest absolute Gasteiger partial charge is 0.402 e. The van der Waals surface area contributed by atoms with Gasteiger partial charge in [0, 0.05) is 5.70 Å². The minimum Gasteiger partial charge on any atom is -0.402 e. The molecule has 0 aliphatic carbocycles. The first-order chi connectivity index (χ1) is 5.07. The zero-order valence-corrected chi connectivity index (χ0v) is 8.22. The van der Waals surface area contributed by atoms with Crippen LogP contribution >= 0.6 is 0 Å². The molecule has 1 nitrogen and oxygen atoms in total. The third kappa shape index (κ3) is 4.88. The fraction of sp³-hybridized carbons (Fsp3) is 0.800. The molecule has 11 heavy (non-hydrogen) atoms. The molecule has 0 aromatic rings. The number of rotatable bonds is 4. The van der Waals surface area contributed by atoms with Gasteiger partial charge in [-0.15, -0.1) is 0 Å². The summed E-state index contributed by atoms with van der Waals surface area (Å²) in [7, 11) is 0. The highest BCUT2D eigenvalue weighted by Gasteiger charge is 2.04. The quantitative estimate of drug-likeness (QED) is 0.663. The summed E-state index contributed by atoms with van der Waals surface area (Å²) in [5, 5.41) is 0. The summed E-state index contributed by atoms with van der Waals surface area (Å²) in [6, 6.07) is 0. The van der Waals surface area contributed by atoms with Gasteiger partial charge < -0.3 is 5.73 Å². The first kappa shape index (κ1) is 10.5. The van der Waals surface area contributed by atoms with Crippen LogP contribution in [-0.4, -0.2) is 0 Å². The van der Waals surface area contributed by atoms with Crippen molar-refractivity contribution >= 4 is 0 Å². The van der Waals surface area contributed by atoms with Gasteiger partial charge in [0.1, 0.15) is 0 Å². The van der Waals surface area contributed by atoms with E-state index in [1.807, 2.05) is 13.0 Å². The van der Waals surface area contributed by atoms with Gasteiger partial charge in [0.15, 0.2) is 0 Å². The second kappa shape index (κ2) is 5.22. The van der Waals surface area contributed by atoms with Crippen LogP contribution in [0.2, 0.25) is 0 Å². The van der Waals surface area contributed by atoms with Crippen LogP contribution in [0.25, 0.3) is 0 Å². The number of nitrogens with two attached hydrogens (primary N) is 1. The van der Waals surface area contributed by atoms with E-state index in [1.54, 1.807) is 0 Å². The third-order valence-corrected chi connectivity index (χ3v) is 2.08. The average Bonchev–Trinajstić information content (AvgIpc) is 1.98. The van der Waals surface area contributed by atoms with Crippen molar-refractivity contribution in [1.29, 1.82) is 0 Å². The zero-order chi connectivity index (χ0) is 8.85. The summed E-state index contributed by atoms with van der Waals surface area (Å²) in [6.45, 7) is 8.69. The summed E-state index contributed by atoms with van der Waals surface area (Å²) in [6.07, 6.45) is 4.49. The smallest absolute Gasteiger partial charge is 0.00659 e. The Morgan fingerprint density at radius 1 is 1.27 bits per heavy atom. The molecule has 0 heterocycles. The molecule has 0 fully saturated rings. The lowest BCUT2D eigenvalue weighted by atomic mass is 9.97. The lowest BCUT2D eigenvalue weighted by Crippen LogP contribution is -2.08. The second-order valence-corrected chi connectivity index (χ2v) is 3.66. The van der Waals surface area contributed by atoms with E-state index in [9.17, 15) is 0 Å². The molecule has 0 amide bonds. The maximum atomic E-state index is 5.76. The Labute approximate surface area is 70.7 Å². The predicted octanol–water partition coefficient (Wildman–Crippen LogP) is 2.92. The predicted molar refractivity (Wildman–Crippen MR) is 51.2 cm³/mol. The lowest BCUT2D eigenvalue weighted by molar-refractivity contribution is 0.486. The van der Waals surface area contributed by atoms with Gasteiger partial charge in [0.25, 0.3) is 0 Å². The molecule has 0 saturated carbocycles. The Kier molecular flexibility index (Phi) is 5.01. The van der Waals surface area contributed by atoms with Crippen molar-refractivity contribution in [1.82, 2.24) is 0 Å². The van der Waals surface area contributed by atoms with Crippen LogP contribution in [0.4, 0.5) is 0 Å². The van der Waals surface area contributed by atoms with Gasteiger partial charge in [-0.2, -0.15) is 0 Å². The van der Waals surface area contributed by atoms with Crippen LogP contribution in [0, 0.1) is 11.8 Å². The van der Waals surface area contributed by atoms with Crippen LogP contribution in [-0.2, 0) is 0 Å². The Hall–Kier alpha value is -0.460. The molecular formula is C10H21N. The molecule has 0 aliphatic heterocycles. The maximum absolute atomic E-state index is 5.76. The van der Waals surface area contributed by atoms with Crippen LogP contribution in [0.5, 0.6) is 0 Å². The molecule has 1 heteroatoms. The molecule has 0 saturated heterocycles. The second-order valence-electron chi connectivity index (χ2n) is 3.66. The first-order valence-electron chi connectivity index (χ1n) is 4.49. The van der Waals surface area contributed by atoms with Gasteiger partial charge in [-0.1, -0.05) is 33.3 Å². The van der Waals surface area contributed by atoms with Gasteiger partial charge in [-0.05, 0) is 25.2 Å². The van der Waals surface area contributed by atoms with Crippen molar-refractivity contribution in [3.05, 3.63) is 11.8 Å². The Morgan fingerprint density at radius 2 is 1.82 bits per heavy atom. The van der Waals surface area contributed by atoms with Gasteiger partial charge >= 0.3 is 0 Å². The summed E-state index contributed by atoms with van der Waals surface area (Å²) in [5.74, 6) is 1.35. The molecule has 0 aromatic carbocycles. The van der Waals surface area contributed by atoms with Crippen molar-refractivity contribution < 1.29 is 0 Å². The van der Waals surface area contributed by atoms with Gasteiger partial charge in [-0.25, -0.2) is 0 Å². The van der Waals surface area contributed by atoms with Gasteiger partial charge in [-0.3, -0.25) is 0 Å². The van der Waals surface area contributed by atoms with E-state index in [-0.39, 0.29) is 0 Å². The Bertz CT molecular complexity index is 125. The van der Waals surface area contributed by atoms with Crippen LogP contribution in [0.15, 0.2) is 11.8 Å². The van der Waals surface area contributed by atoms with E-state index in [0.717, 1.165) is 11.6 Å². The monoisotopic (exact) mass is 155 g/mol. The topological polar surface area (TPSA) is 26.0 Å². The molecule has 0 radical (unpaired) electrons. The van der Waals surface area contributed by atoms with Crippen LogP contribution < -0.4 is 5.73 Å². The van der Waals surface area contributed by atoms with Crippen molar-refractivity contribution in [2.75, 3.05) is 0 Å². The molecule has 0 rings (SSSR count). The fourth-order valence-corrected chi connectivity index (χ4v) is 1.03. The van der Waals surface area contributed by atoms with Crippen molar-refractivity contribution in [2.24, 2.45) is 17.6 Å². The van der Waals surface area contributed by atoms with Gasteiger partial charge in [0.2, 0.25) is 0 Å². The van der Waals surface area contributed by atoms with Crippen LogP contribution in [0.3, 0.4) is 0 Å².